The molecule has 82 valence electrons. The first-order valence-electron chi connectivity index (χ1n) is 4.50. The zero-order valence-corrected chi connectivity index (χ0v) is 8.42. The maximum atomic E-state index is 12.9. The van der Waals surface area contributed by atoms with Gasteiger partial charge in [-0.15, -0.1) is 0 Å². The molecule has 0 spiro atoms. The minimum absolute atomic E-state index is 0.392. The number of amides is 1. The molecule has 0 saturated carbocycles. The molecule has 1 aromatic carbocycles. The highest BCUT2D eigenvalue weighted by Crippen LogP contribution is 2.21. The summed E-state index contributed by atoms with van der Waals surface area (Å²) in [6, 6.07) is 4.14. The van der Waals surface area contributed by atoms with Crippen LogP contribution in [0.25, 0.3) is 0 Å². The Hall–Kier alpha value is -1.62. The number of hydrogen-bond acceptors (Lipinski definition) is 3. The lowest BCUT2D eigenvalue weighted by molar-refractivity contribution is -0.105. The van der Waals surface area contributed by atoms with Crippen LogP contribution < -0.4 is 10.6 Å². The molecule has 1 aromatic rings. The number of carbonyl (C=O) groups excluding carboxylic acids is 1. The summed E-state index contributed by atoms with van der Waals surface area (Å²) in [5.41, 5.74) is 1.08. The summed E-state index contributed by atoms with van der Waals surface area (Å²) in [6.45, 7) is 1.13. The molecule has 0 aliphatic heterocycles. The van der Waals surface area contributed by atoms with Crippen molar-refractivity contribution in [2.45, 2.75) is 0 Å². The van der Waals surface area contributed by atoms with Crippen molar-refractivity contribution in [2.24, 2.45) is 0 Å². The molecule has 1 amide bonds. The van der Waals surface area contributed by atoms with Crippen LogP contribution in [0.2, 0.25) is 0 Å². The van der Waals surface area contributed by atoms with E-state index >= 15 is 0 Å². The lowest BCUT2D eigenvalue weighted by atomic mass is 10.2. The smallest absolute Gasteiger partial charge is 0.211 e. The molecule has 0 aromatic heterocycles. The first-order valence-corrected chi connectivity index (χ1v) is 4.50. The van der Waals surface area contributed by atoms with Gasteiger partial charge in [0.25, 0.3) is 0 Å². The fourth-order valence-corrected chi connectivity index (χ4v) is 1.14. The van der Waals surface area contributed by atoms with Crippen molar-refractivity contribution in [2.75, 3.05) is 30.9 Å². The third-order valence-electron chi connectivity index (χ3n) is 1.82. The first kappa shape index (κ1) is 11.5. The Kier molecular flexibility index (Phi) is 4.56. The van der Waals surface area contributed by atoms with E-state index in [-0.39, 0.29) is 0 Å². The van der Waals surface area contributed by atoms with Crippen molar-refractivity contribution in [1.29, 1.82) is 0 Å². The van der Waals surface area contributed by atoms with Gasteiger partial charge >= 0.3 is 0 Å². The zero-order chi connectivity index (χ0) is 11.1. The van der Waals surface area contributed by atoms with Gasteiger partial charge < -0.3 is 15.4 Å². The highest BCUT2D eigenvalue weighted by Gasteiger charge is 2.02. The van der Waals surface area contributed by atoms with E-state index in [2.05, 4.69) is 10.6 Å². The van der Waals surface area contributed by atoms with E-state index in [1.165, 1.54) is 12.1 Å². The summed E-state index contributed by atoms with van der Waals surface area (Å²) in [6.07, 6.45) is 0.510. The number of rotatable bonds is 6. The van der Waals surface area contributed by atoms with Crippen LogP contribution in [-0.2, 0) is 9.53 Å². The maximum Gasteiger partial charge on any atom is 0.211 e. The molecule has 0 unspecified atom stereocenters. The van der Waals surface area contributed by atoms with Crippen molar-refractivity contribution in [3.8, 4) is 0 Å². The molecule has 0 bridgehead atoms. The second-order valence-electron chi connectivity index (χ2n) is 2.87. The van der Waals surface area contributed by atoms with Gasteiger partial charge in [0.15, 0.2) is 0 Å². The second kappa shape index (κ2) is 5.98. The molecule has 0 atom stereocenters. The van der Waals surface area contributed by atoms with Gasteiger partial charge in [-0.3, -0.25) is 4.79 Å². The number of anilines is 2. The topological polar surface area (TPSA) is 50.4 Å². The number of nitrogens with one attached hydrogen (secondary N) is 2. The molecule has 5 heteroatoms. The van der Waals surface area contributed by atoms with Gasteiger partial charge in [-0.1, -0.05) is 0 Å². The van der Waals surface area contributed by atoms with Gasteiger partial charge in [-0.25, -0.2) is 4.39 Å². The first-order chi connectivity index (χ1) is 7.27. The molecule has 0 heterocycles. The predicted octanol–water partition coefficient (Wildman–Crippen LogP) is 1.45. The summed E-state index contributed by atoms with van der Waals surface area (Å²) in [7, 11) is 1.59. The standard InChI is InChI=1S/C10H13FN2O2/c1-15-5-4-12-9-3-2-8(11)6-10(9)13-7-14/h2-3,6-7,12H,4-5H2,1H3,(H,13,14). The summed E-state index contributed by atoms with van der Waals surface area (Å²) in [5.74, 6) is -0.392. The van der Waals surface area contributed by atoms with Crippen molar-refractivity contribution in [1.82, 2.24) is 0 Å². The molecular formula is C10H13FN2O2. The van der Waals surface area contributed by atoms with Gasteiger partial charge in [-0.05, 0) is 18.2 Å². The molecule has 1 rings (SSSR count). The van der Waals surface area contributed by atoms with Crippen LogP contribution in [0.5, 0.6) is 0 Å². The van der Waals surface area contributed by atoms with E-state index in [4.69, 9.17) is 4.74 Å². The molecule has 2 N–H and O–H groups in total. The van der Waals surface area contributed by atoms with Crippen molar-refractivity contribution in [3.05, 3.63) is 24.0 Å². The number of carbonyl (C=O) groups is 1. The zero-order valence-electron chi connectivity index (χ0n) is 8.42. The second-order valence-corrected chi connectivity index (χ2v) is 2.87. The predicted molar refractivity (Wildman–Crippen MR) is 56.5 cm³/mol. The van der Waals surface area contributed by atoms with Gasteiger partial charge in [0.05, 0.1) is 18.0 Å². The van der Waals surface area contributed by atoms with Crippen molar-refractivity contribution in [3.63, 3.8) is 0 Å². The summed E-state index contributed by atoms with van der Waals surface area (Å²) < 4.78 is 17.7. The summed E-state index contributed by atoms with van der Waals surface area (Å²) in [4.78, 5) is 10.3. The van der Waals surface area contributed by atoms with Gasteiger partial charge in [-0.2, -0.15) is 0 Å². The van der Waals surface area contributed by atoms with E-state index in [0.29, 0.717) is 30.9 Å². The van der Waals surface area contributed by atoms with Crippen molar-refractivity contribution >= 4 is 17.8 Å². The molecule has 0 saturated heterocycles. The molecule has 0 aliphatic carbocycles. The Bertz CT molecular complexity index is 331. The molecule has 0 aliphatic rings. The van der Waals surface area contributed by atoms with Gasteiger partial charge in [0, 0.05) is 13.7 Å². The van der Waals surface area contributed by atoms with Gasteiger partial charge in [0.2, 0.25) is 6.41 Å². The quantitative estimate of drug-likeness (QED) is 0.554. The number of ether oxygens (including phenoxy) is 1. The fraction of sp³-hybridized carbons (Fsp3) is 0.300. The van der Waals surface area contributed by atoms with Crippen LogP contribution in [-0.4, -0.2) is 26.7 Å². The van der Waals surface area contributed by atoms with E-state index in [0.717, 1.165) is 0 Å². The van der Waals surface area contributed by atoms with Crippen LogP contribution in [0.3, 0.4) is 0 Å². The number of benzene rings is 1. The van der Waals surface area contributed by atoms with E-state index < -0.39 is 5.82 Å². The summed E-state index contributed by atoms with van der Waals surface area (Å²) >= 11 is 0. The van der Waals surface area contributed by atoms with Crippen LogP contribution in [0.4, 0.5) is 15.8 Å². The maximum absolute atomic E-state index is 12.9. The monoisotopic (exact) mass is 212 g/mol. The molecule has 4 nitrogen and oxygen atoms in total. The van der Waals surface area contributed by atoms with E-state index in [9.17, 15) is 9.18 Å². The highest BCUT2D eigenvalue weighted by atomic mass is 19.1. The minimum atomic E-state index is -0.392. The lowest BCUT2D eigenvalue weighted by Crippen LogP contribution is -2.09. The summed E-state index contributed by atoms with van der Waals surface area (Å²) in [5, 5.41) is 5.43. The van der Waals surface area contributed by atoms with Crippen LogP contribution in [0.15, 0.2) is 18.2 Å². The number of halogens is 1. The molecule has 0 radical (unpaired) electrons. The number of hydrogen-bond donors (Lipinski definition) is 2. The van der Waals surface area contributed by atoms with Gasteiger partial charge in [0.1, 0.15) is 5.82 Å². The Labute approximate surface area is 87.4 Å². The van der Waals surface area contributed by atoms with E-state index in [1.807, 2.05) is 0 Å². The normalized spacial score (nSPS) is 9.73. The third-order valence-corrected chi connectivity index (χ3v) is 1.82. The largest absolute Gasteiger partial charge is 0.383 e. The fourth-order valence-electron chi connectivity index (χ4n) is 1.14. The minimum Gasteiger partial charge on any atom is -0.383 e. The van der Waals surface area contributed by atoms with Crippen LogP contribution in [0.1, 0.15) is 0 Å². The van der Waals surface area contributed by atoms with E-state index in [1.54, 1.807) is 13.2 Å². The Morgan fingerprint density at radius 1 is 1.47 bits per heavy atom. The number of methoxy groups -OCH3 is 1. The Morgan fingerprint density at radius 2 is 2.27 bits per heavy atom. The Balaban J connectivity index is 2.71. The molecule has 0 fully saturated rings. The Morgan fingerprint density at radius 3 is 2.93 bits per heavy atom. The van der Waals surface area contributed by atoms with Crippen LogP contribution in [0, 0.1) is 5.82 Å². The third kappa shape index (κ3) is 3.55. The SMILES string of the molecule is COCCNc1ccc(F)cc1NC=O. The van der Waals surface area contributed by atoms with Crippen LogP contribution >= 0.6 is 0 Å². The average molecular weight is 212 g/mol. The van der Waals surface area contributed by atoms with Crippen molar-refractivity contribution < 1.29 is 13.9 Å². The lowest BCUT2D eigenvalue weighted by Gasteiger charge is -2.10. The highest BCUT2D eigenvalue weighted by molar-refractivity contribution is 5.80. The molecule has 15 heavy (non-hydrogen) atoms. The average Bonchev–Trinajstić information content (AvgIpc) is 2.22. The molecular weight excluding hydrogens is 199 g/mol.